The summed E-state index contributed by atoms with van der Waals surface area (Å²) >= 11 is 0. The summed E-state index contributed by atoms with van der Waals surface area (Å²) in [5, 5.41) is 0. The fraction of sp³-hybridized carbons (Fsp3) is 0.571. The van der Waals surface area contributed by atoms with Gasteiger partial charge in [0.05, 0.1) is 7.11 Å². The molecule has 3 aliphatic rings. The highest BCUT2D eigenvalue weighted by molar-refractivity contribution is 5.43. The highest BCUT2D eigenvalue weighted by Crippen LogP contribution is 2.38. The number of hydrogen-bond donors (Lipinski definition) is 0. The second kappa shape index (κ2) is 10.3. The minimum Gasteiger partial charge on any atom is -0.493 e. The number of fused-ring (bicyclic) bond motifs is 1. The molecule has 4 nitrogen and oxygen atoms in total. The van der Waals surface area contributed by atoms with Gasteiger partial charge in [-0.25, -0.2) is 0 Å². The normalized spacial score (nSPS) is 24.9. The molecular formula is C28H38N2O2. The van der Waals surface area contributed by atoms with Gasteiger partial charge in [-0.1, -0.05) is 55.7 Å². The Morgan fingerprint density at radius 2 is 1.66 bits per heavy atom. The van der Waals surface area contributed by atoms with Gasteiger partial charge in [-0.05, 0) is 61.4 Å². The monoisotopic (exact) mass is 434 g/mol. The van der Waals surface area contributed by atoms with Gasteiger partial charge >= 0.3 is 0 Å². The molecule has 0 N–H and O–H groups in total. The summed E-state index contributed by atoms with van der Waals surface area (Å²) in [6.45, 7) is 5.29. The zero-order valence-corrected chi connectivity index (χ0v) is 19.5. The van der Waals surface area contributed by atoms with E-state index in [1.54, 1.807) is 7.11 Å². The molecule has 3 fully saturated rings. The Bertz CT molecular complexity index is 865. The molecule has 0 bridgehead atoms. The average Bonchev–Trinajstić information content (AvgIpc) is 3.33. The number of piperazine rings is 1. The van der Waals surface area contributed by atoms with Gasteiger partial charge in [-0.15, -0.1) is 0 Å². The molecule has 32 heavy (non-hydrogen) atoms. The van der Waals surface area contributed by atoms with Crippen LogP contribution in [-0.2, 0) is 13.2 Å². The first-order valence-corrected chi connectivity index (χ1v) is 12.6. The van der Waals surface area contributed by atoms with Crippen LogP contribution in [0.2, 0.25) is 0 Å². The van der Waals surface area contributed by atoms with Crippen molar-refractivity contribution in [2.75, 3.05) is 26.7 Å². The molecule has 0 aromatic heterocycles. The van der Waals surface area contributed by atoms with Crippen molar-refractivity contribution in [3.8, 4) is 11.5 Å². The van der Waals surface area contributed by atoms with Gasteiger partial charge in [0.1, 0.15) is 6.61 Å². The van der Waals surface area contributed by atoms with E-state index in [0.717, 1.165) is 30.0 Å². The maximum Gasteiger partial charge on any atom is 0.161 e. The first-order valence-electron chi connectivity index (χ1n) is 12.6. The van der Waals surface area contributed by atoms with Crippen LogP contribution in [0.3, 0.4) is 0 Å². The van der Waals surface area contributed by atoms with E-state index in [2.05, 4.69) is 40.1 Å². The van der Waals surface area contributed by atoms with Crippen LogP contribution in [0, 0.1) is 5.92 Å². The molecule has 1 saturated carbocycles. The molecule has 2 unspecified atom stereocenters. The van der Waals surface area contributed by atoms with Gasteiger partial charge in [0.25, 0.3) is 0 Å². The van der Waals surface area contributed by atoms with E-state index in [1.807, 2.05) is 18.2 Å². The lowest BCUT2D eigenvalue weighted by Crippen LogP contribution is -2.59. The Morgan fingerprint density at radius 1 is 0.812 bits per heavy atom. The molecular weight excluding hydrogens is 396 g/mol. The number of nitrogens with zero attached hydrogens (tertiary/aromatic N) is 2. The Labute approximate surface area is 193 Å². The van der Waals surface area contributed by atoms with Gasteiger partial charge in [0, 0.05) is 31.7 Å². The highest BCUT2D eigenvalue weighted by atomic mass is 16.5. The zero-order chi connectivity index (χ0) is 21.8. The lowest BCUT2D eigenvalue weighted by atomic mass is 9.78. The third-order valence-corrected chi connectivity index (χ3v) is 7.89. The second-order valence-corrected chi connectivity index (χ2v) is 9.86. The Hall–Kier alpha value is -2.04. The minimum absolute atomic E-state index is 0.559. The summed E-state index contributed by atoms with van der Waals surface area (Å²) in [5.74, 6) is 2.53. The molecule has 4 heteroatoms. The van der Waals surface area contributed by atoms with Gasteiger partial charge in [-0.2, -0.15) is 0 Å². The van der Waals surface area contributed by atoms with E-state index in [-0.39, 0.29) is 0 Å². The van der Waals surface area contributed by atoms with Crippen molar-refractivity contribution in [3.63, 3.8) is 0 Å². The minimum atomic E-state index is 0.559. The van der Waals surface area contributed by atoms with E-state index in [1.165, 1.54) is 75.7 Å². The molecule has 2 atom stereocenters. The molecule has 0 amide bonds. The fourth-order valence-corrected chi connectivity index (χ4v) is 6.34. The molecule has 1 aliphatic carbocycles. The molecule has 2 aromatic rings. The topological polar surface area (TPSA) is 24.9 Å². The molecule has 2 heterocycles. The van der Waals surface area contributed by atoms with E-state index in [0.29, 0.717) is 12.6 Å². The quantitative estimate of drug-likeness (QED) is 0.574. The fourth-order valence-electron chi connectivity index (χ4n) is 6.34. The zero-order valence-electron chi connectivity index (χ0n) is 19.5. The Balaban J connectivity index is 1.30. The summed E-state index contributed by atoms with van der Waals surface area (Å²) in [7, 11) is 1.75. The van der Waals surface area contributed by atoms with Gasteiger partial charge in [-0.3, -0.25) is 9.80 Å². The highest BCUT2D eigenvalue weighted by Gasteiger charge is 2.42. The van der Waals surface area contributed by atoms with Crippen molar-refractivity contribution in [3.05, 3.63) is 59.7 Å². The van der Waals surface area contributed by atoms with E-state index in [4.69, 9.17) is 9.47 Å². The summed E-state index contributed by atoms with van der Waals surface area (Å²) in [5.41, 5.74) is 2.50. The molecule has 2 saturated heterocycles. The smallest absolute Gasteiger partial charge is 0.161 e. The summed E-state index contributed by atoms with van der Waals surface area (Å²) in [4.78, 5) is 5.60. The van der Waals surface area contributed by atoms with Crippen LogP contribution in [0.1, 0.15) is 56.1 Å². The summed E-state index contributed by atoms with van der Waals surface area (Å²) in [6, 6.07) is 18.3. The summed E-state index contributed by atoms with van der Waals surface area (Å²) in [6.07, 6.45) is 9.86. The van der Waals surface area contributed by atoms with Crippen molar-refractivity contribution in [2.45, 2.75) is 70.2 Å². The summed E-state index contributed by atoms with van der Waals surface area (Å²) < 4.78 is 11.8. The number of methoxy groups -OCH3 is 1. The molecule has 2 aromatic carbocycles. The molecule has 0 radical (unpaired) electrons. The van der Waals surface area contributed by atoms with Gasteiger partial charge in [0.2, 0.25) is 0 Å². The third-order valence-electron chi connectivity index (χ3n) is 7.89. The van der Waals surface area contributed by atoms with Crippen molar-refractivity contribution in [1.82, 2.24) is 9.80 Å². The molecule has 0 spiro atoms. The lowest BCUT2D eigenvalue weighted by Gasteiger charge is -2.49. The van der Waals surface area contributed by atoms with E-state index in [9.17, 15) is 0 Å². The maximum absolute atomic E-state index is 6.09. The first-order chi connectivity index (χ1) is 15.8. The first kappa shape index (κ1) is 21.8. The van der Waals surface area contributed by atoms with Crippen LogP contribution in [0.15, 0.2) is 48.5 Å². The number of benzene rings is 2. The lowest BCUT2D eigenvalue weighted by molar-refractivity contribution is -0.00383. The SMILES string of the molecule is COc1cc(CN2CCN3CCCC3C2C2CCCCC2)ccc1OCc1ccccc1. The molecule has 172 valence electrons. The van der Waals surface area contributed by atoms with Crippen LogP contribution in [0.5, 0.6) is 11.5 Å². The van der Waals surface area contributed by atoms with Crippen LogP contribution >= 0.6 is 0 Å². The Morgan fingerprint density at radius 3 is 2.47 bits per heavy atom. The standard InChI is InChI=1S/C28H38N2O2/c1-31-27-19-23(14-15-26(27)32-21-22-9-4-2-5-10-22)20-30-18-17-29-16-8-13-25(29)28(30)24-11-6-3-7-12-24/h2,4-5,9-10,14-15,19,24-25,28H,3,6-8,11-13,16-18,20-21H2,1H3. The van der Waals surface area contributed by atoms with Crippen molar-refractivity contribution >= 4 is 0 Å². The van der Waals surface area contributed by atoms with Crippen LogP contribution in [0.25, 0.3) is 0 Å². The van der Waals surface area contributed by atoms with Gasteiger partial charge < -0.3 is 9.47 Å². The average molecular weight is 435 g/mol. The largest absolute Gasteiger partial charge is 0.493 e. The predicted octanol–water partition coefficient (Wildman–Crippen LogP) is 5.50. The number of hydrogen-bond acceptors (Lipinski definition) is 4. The van der Waals surface area contributed by atoms with Crippen molar-refractivity contribution < 1.29 is 9.47 Å². The van der Waals surface area contributed by atoms with Crippen molar-refractivity contribution in [1.29, 1.82) is 0 Å². The predicted molar refractivity (Wildman–Crippen MR) is 129 cm³/mol. The Kier molecular flexibility index (Phi) is 6.99. The van der Waals surface area contributed by atoms with Crippen LogP contribution < -0.4 is 9.47 Å². The third kappa shape index (κ3) is 4.82. The van der Waals surface area contributed by atoms with E-state index < -0.39 is 0 Å². The number of ether oxygens (including phenoxy) is 2. The van der Waals surface area contributed by atoms with E-state index >= 15 is 0 Å². The molecule has 5 rings (SSSR count). The number of rotatable bonds is 7. The maximum atomic E-state index is 6.09. The van der Waals surface area contributed by atoms with Crippen LogP contribution in [-0.4, -0.2) is 48.6 Å². The van der Waals surface area contributed by atoms with Crippen LogP contribution in [0.4, 0.5) is 0 Å². The molecule has 2 aliphatic heterocycles. The second-order valence-electron chi connectivity index (χ2n) is 9.86. The van der Waals surface area contributed by atoms with Crippen molar-refractivity contribution in [2.24, 2.45) is 5.92 Å². The van der Waals surface area contributed by atoms with Gasteiger partial charge in [0.15, 0.2) is 11.5 Å².